The molecule has 0 atom stereocenters. The number of fused-ring (bicyclic) bond motifs is 5. The number of nitrogens with zero attached hydrogens (tertiary/aromatic N) is 3. The van der Waals surface area contributed by atoms with E-state index in [2.05, 4.69) is 35.3 Å². The molecule has 0 spiro atoms. The average Bonchev–Trinajstić information content (AvgIpc) is 3.44. The van der Waals surface area contributed by atoms with Crippen LogP contribution in [0.3, 0.4) is 0 Å². The van der Waals surface area contributed by atoms with E-state index in [0.29, 0.717) is 10.0 Å². The van der Waals surface area contributed by atoms with Gasteiger partial charge in [-0.2, -0.15) is 0 Å². The number of hydrogen-bond acceptors (Lipinski definition) is 5. The molecule has 7 heteroatoms. The van der Waals surface area contributed by atoms with Crippen LogP contribution in [0.4, 0.5) is 0 Å². The molecular formula is C25H17Cl2N3S2. The standard InChI is InChI=1S/C25H17Cl2N3S2/c26-18-10-9-14(11-19(18)27)12-31-25-23-22(28-13-29-25)20-16-7-4-8-17(16)21(30-24(20)32-23)15-5-2-1-3-6-15/h1-3,5-6,9-11,13H,4,7-8,12H2. The lowest BCUT2D eigenvalue weighted by molar-refractivity contribution is 0.913. The van der Waals surface area contributed by atoms with Crippen molar-refractivity contribution in [3.63, 3.8) is 0 Å². The van der Waals surface area contributed by atoms with Gasteiger partial charge in [-0.3, -0.25) is 0 Å². The zero-order valence-electron chi connectivity index (χ0n) is 16.9. The van der Waals surface area contributed by atoms with Crippen LogP contribution in [0.15, 0.2) is 59.9 Å². The number of aryl methyl sites for hydroxylation is 1. The van der Waals surface area contributed by atoms with Gasteiger partial charge in [0, 0.05) is 16.7 Å². The molecule has 0 aliphatic heterocycles. The molecule has 5 aromatic rings. The number of rotatable bonds is 4. The van der Waals surface area contributed by atoms with Crippen molar-refractivity contribution >= 4 is 66.7 Å². The molecule has 0 amide bonds. The van der Waals surface area contributed by atoms with E-state index in [1.54, 1.807) is 29.4 Å². The Hall–Kier alpha value is -2.18. The number of hydrogen-bond donors (Lipinski definition) is 0. The Bertz CT molecular complexity index is 1480. The third-order valence-electron chi connectivity index (χ3n) is 5.85. The molecule has 3 nitrogen and oxygen atoms in total. The number of pyridine rings is 1. The van der Waals surface area contributed by atoms with Gasteiger partial charge in [0.1, 0.15) is 16.2 Å². The van der Waals surface area contributed by atoms with Crippen LogP contribution in [0.25, 0.3) is 31.7 Å². The van der Waals surface area contributed by atoms with Crippen molar-refractivity contribution in [3.8, 4) is 11.3 Å². The van der Waals surface area contributed by atoms with Gasteiger partial charge in [0.25, 0.3) is 0 Å². The maximum atomic E-state index is 6.19. The van der Waals surface area contributed by atoms with Crippen molar-refractivity contribution in [1.82, 2.24) is 15.0 Å². The van der Waals surface area contributed by atoms with Crippen molar-refractivity contribution in [2.24, 2.45) is 0 Å². The fourth-order valence-electron chi connectivity index (χ4n) is 4.40. The molecule has 0 radical (unpaired) electrons. The molecule has 0 saturated carbocycles. The van der Waals surface area contributed by atoms with Gasteiger partial charge in [-0.25, -0.2) is 15.0 Å². The number of aromatic nitrogens is 3. The first-order valence-corrected chi connectivity index (χ1v) is 13.0. The largest absolute Gasteiger partial charge is 0.236 e. The topological polar surface area (TPSA) is 38.7 Å². The third-order valence-corrected chi connectivity index (χ3v) is 8.85. The van der Waals surface area contributed by atoms with Crippen molar-refractivity contribution in [1.29, 1.82) is 0 Å². The molecule has 0 fully saturated rings. The minimum Gasteiger partial charge on any atom is -0.236 e. The van der Waals surface area contributed by atoms with Gasteiger partial charge >= 0.3 is 0 Å². The zero-order valence-corrected chi connectivity index (χ0v) is 20.1. The van der Waals surface area contributed by atoms with Crippen LogP contribution in [-0.2, 0) is 18.6 Å². The average molecular weight is 494 g/mol. The van der Waals surface area contributed by atoms with Crippen molar-refractivity contribution in [2.45, 2.75) is 30.0 Å². The van der Waals surface area contributed by atoms with Crippen molar-refractivity contribution in [2.75, 3.05) is 0 Å². The van der Waals surface area contributed by atoms with Gasteiger partial charge in [-0.05, 0) is 48.1 Å². The minimum atomic E-state index is 0.573. The lowest BCUT2D eigenvalue weighted by atomic mass is 10.0. The monoisotopic (exact) mass is 493 g/mol. The summed E-state index contributed by atoms with van der Waals surface area (Å²) in [5.41, 5.74) is 7.25. The Morgan fingerprint density at radius 2 is 1.78 bits per heavy atom. The van der Waals surface area contributed by atoms with Crippen LogP contribution in [0, 0.1) is 0 Å². The molecule has 6 rings (SSSR count). The highest BCUT2D eigenvalue weighted by Crippen LogP contribution is 2.44. The summed E-state index contributed by atoms with van der Waals surface area (Å²) in [6, 6.07) is 16.3. The molecule has 0 unspecified atom stereocenters. The summed E-state index contributed by atoms with van der Waals surface area (Å²) in [6.45, 7) is 0. The fourth-order valence-corrected chi connectivity index (χ4v) is 6.89. The summed E-state index contributed by atoms with van der Waals surface area (Å²) in [6.07, 6.45) is 5.00. The van der Waals surface area contributed by atoms with E-state index in [0.717, 1.165) is 56.3 Å². The highest BCUT2D eigenvalue weighted by Gasteiger charge is 2.25. The lowest BCUT2D eigenvalue weighted by Gasteiger charge is -2.09. The SMILES string of the molecule is Clc1ccc(CSc2ncnc3c2sc2nc(-c4ccccc4)c4c(c23)CCC4)cc1Cl. The van der Waals surface area contributed by atoms with Crippen molar-refractivity contribution in [3.05, 3.63) is 81.6 Å². The van der Waals surface area contributed by atoms with E-state index in [1.165, 1.54) is 22.1 Å². The Morgan fingerprint density at radius 1 is 0.938 bits per heavy atom. The second kappa shape index (κ2) is 8.31. The summed E-state index contributed by atoms with van der Waals surface area (Å²) in [5, 5.41) is 3.35. The van der Waals surface area contributed by atoms with Gasteiger partial charge < -0.3 is 0 Å². The van der Waals surface area contributed by atoms with E-state index in [-0.39, 0.29) is 0 Å². The predicted molar refractivity (Wildman–Crippen MR) is 136 cm³/mol. The van der Waals surface area contributed by atoms with E-state index in [4.69, 9.17) is 33.2 Å². The van der Waals surface area contributed by atoms with Gasteiger partial charge in [0.15, 0.2) is 0 Å². The van der Waals surface area contributed by atoms with Crippen LogP contribution in [0.1, 0.15) is 23.1 Å². The van der Waals surface area contributed by atoms with E-state index in [9.17, 15) is 0 Å². The summed E-state index contributed by atoms with van der Waals surface area (Å²) in [5.74, 6) is 0.762. The normalized spacial score (nSPS) is 13.2. The van der Waals surface area contributed by atoms with Crippen LogP contribution in [-0.4, -0.2) is 15.0 Å². The molecule has 0 saturated heterocycles. The maximum absolute atomic E-state index is 6.19. The molecule has 2 aromatic carbocycles. The van der Waals surface area contributed by atoms with E-state index in [1.807, 2.05) is 18.2 Å². The zero-order chi connectivity index (χ0) is 21.7. The van der Waals surface area contributed by atoms with Crippen molar-refractivity contribution < 1.29 is 0 Å². The molecular weight excluding hydrogens is 477 g/mol. The first-order chi connectivity index (χ1) is 15.7. The van der Waals surface area contributed by atoms with E-state index >= 15 is 0 Å². The smallest absolute Gasteiger partial charge is 0.127 e. The number of thioether (sulfide) groups is 1. The van der Waals surface area contributed by atoms with Gasteiger partial charge in [0.2, 0.25) is 0 Å². The molecule has 158 valence electrons. The van der Waals surface area contributed by atoms with Crippen LogP contribution < -0.4 is 0 Å². The first-order valence-electron chi connectivity index (χ1n) is 10.4. The molecule has 0 bridgehead atoms. The Balaban J connectivity index is 1.47. The van der Waals surface area contributed by atoms with Crippen LogP contribution in [0.2, 0.25) is 10.0 Å². The molecule has 1 aliphatic carbocycles. The van der Waals surface area contributed by atoms with Gasteiger partial charge in [0.05, 0.1) is 26.0 Å². The second-order valence-electron chi connectivity index (χ2n) is 7.81. The minimum absolute atomic E-state index is 0.573. The number of thiophene rings is 1. The van der Waals surface area contributed by atoms with E-state index < -0.39 is 0 Å². The summed E-state index contributed by atoms with van der Waals surface area (Å²) < 4.78 is 1.11. The first kappa shape index (κ1) is 20.4. The fraction of sp³-hybridized carbons (Fsp3) is 0.160. The van der Waals surface area contributed by atoms with Crippen LogP contribution >= 0.6 is 46.3 Å². The summed E-state index contributed by atoms with van der Waals surface area (Å²) in [7, 11) is 0. The number of halogens is 2. The highest BCUT2D eigenvalue weighted by atomic mass is 35.5. The van der Waals surface area contributed by atoms with Crippen LogP contribution in [0.5, 0.6) is 0 Å². The Kier molecular flexibility index (Phi) is 5.30. The Labute approximate surface area is 203 Å². The molecule has 32 heavy (non-hydrogen) atoms. The quantitative estimate of drug-likeness (QED) is 0.187. The van der Waals surface area contributed by atoms with Gasteiger partial charge in [-0.1, -0.05) is 59.6 Å². The molecule has 3 aromatic heterocycles. The molecule has 0 N–H and O–H groups in total. The Morgan fingerprint density at radius 3 is 2.62 bits per heavy atom. The summed E-state index contributed by atoms with van der Waals surface area (Å²) >= 11 is 15.6. The summed E-state index contributed by atoms with van der Waals surface area (Å²) in [4.78, 5) is 15.5. The molecule has 1 aliphatic rings. The number of benzene rings is 2. The third kappa shape index (κ3) is 3.48. The second-order valence-corrected chi connectivity index (χ2v) is 10.6. The lowest BCUT2D eigenvalue weighted by Crippen LogP contribution is -1.94. The van der Waals surface area contributed by atoms with Gasteiger partial charge in [-0.15, -0.1) is 23.1 Å². The highest BCUT2D eigenvalue weighted by molar-refractivity contribution is 7.98. The predicted octanol–water partition coefficient (Wildman–Crippen LogP) is 7.99. The maximum Gasteiger partial charge on any atom is 0.127 e. The molecule has 3 heterocycles.